The highest BCUT2D eigenvalue weighted by Gasteiger charge is 2.34. The molecule has 2 N–H and O–H groups in total. The molecule has 0 atom stereocenters. The fourth-order valence-electron chi connectivity index (χ4n) is 1.11. The third kappa shape index (κ3) is 3.42. The molecule has 0 aromatic heterocycles. The number of nitrogens with two attached hydrogens (primary N) is 1. The lowest BCUT2D eigenvalue weighted by atomic mass is 10.1. The van der Waals surface area contributed by atoms with Crippen LogP contribution >= 0.6 is 11.6 Å². The zero-order valence-corrected chi connectivity index (χ0v) is 9.22. The maximum Gasteiger partial charge on any atom is 0.573 e. The second-order valence-corrected chi connectivity index (χ2v) is 3.35. The van der Waals surface area contributed by atoms with E-state index in [2.05, 4.69) is 9.47 Å². The predicted molar refractivity (Wildman–Crippen MR) is 53.9 cm³/mol. The SMILES string of the molecule is COC(=O)c1cc(Cl)cc(N)c1OC(F)(F)F. The van der Waals surface area contributed by atoms with Crippen molar-refractivity contribution in [1.82, 2.24) is 0 Å². The van der Waals surface area contributed by atoms with Crippen molar-refractivity contribution in [2.75, 3.05) is 12.8 Å². The highest BCUT2D eigenvalue weighted by molar-refractivity contribution is 6.31. The maximum atomic E-state index is 12.1. The van der Waals surface area contributed by atoms with E-state index in [1.165, 1.54) is 0 Å². The van der Waals surface area contributed by atoms with E-state index in [9.17, 15) is 18.0 Å². The lowest BCUT2D eigenvalue weighted by Gasteiger charge is -2.14. The Morgan fingerprint density at radius 2 is 2.00 bits per heavy atom. The fourth-order valence-corrected chi connectivity index (χ4v) is 1.33. The minimum absolute atomic E-state index is 0.00238. The second-order valence-electron chi connectivity index (χ2n) is 2.91. The molecule has 1 aromatic carbocycles. The molecule has 4 nitrogen and oxygen atoms in total. The smallest absolute Gasteiger partial charge is 0.465 e. The number of hydrogen-bond donors (Lipinski definition) is 1. The Labute approximate surface area is 99.1 Å². The van der Waals surface area contributed by atoms with Gasteiger partial charge in [-0.25, -0.2) is 4.79 Å². The van der Waals surface area contributed by atoms with Gasteiger partial charge in [-0.2, -0.15) is 0 Å². The molecule has 0 saturated heterocycles. The van der Waals surface area contributed by atoms with Crippen molar-refractivity contribution in [2.45, 2.75) is 6.36 Å². The Morgan fingerprint density at radius 3 is 2.47 bits per heavy atom. The third-order valence-corrected chi connectivity index (χ3v) is 1.92. The van der Waals surface area contributed by atoms with Gasteiger partial charge in [0.1, 0.15) is 5.56 Å². The number of nitrogen functional groups attached to an aromatic ring is 1. The molecule has 0 unspecified atom stereocenters. The molecule has 17 heavy (non-hydrogen) atoms. The van der Waals surface area contributed by atoms with Gasteiger partial charge in [-0.05, 0) is 12.1 Å². The van der Waals surface area contributed by atoms with Gasteiger partial charge in [0.25, 0.3) is 0 Å². The molecule has 94 valence electrons. The Balaban J connectivity index is 3.30. The monoisotopic (exact) mass is 269 g/mol. The van der Waals surface area contributed by atoms with Crippen LogP contribution in [0.1, 0.15) is 10.4 Å². The van der Waals surface area contributed by atoms with Gasteiger partial charge >= 0.3 is 12.3 Å². The van der Waals surface area contributed by atoms with Crippen molar-refractivity contribution in [3.8, 4) is 5.75 Å². The molecular weight excluding hydrogens is 263 g/mol. The van der Waals surface area contributed by atoms with Gasteiger partial charge in [0.2, 0.25) is 0 Å². The molecule has 1 rings (SSSR count). The molecule has 0 bridgehead atoms. The molecule has 0 aliphatic carbocycles. The van der Waals surface area contributed by atoms with Crippen molar-refractivity contribution in [2.24, 2.45) is 0 Å². The first-order valence-electron chi connectivity index (χ1n) is 4.17. The number of carbonyl (C=O) groups excluding carboxylic acids is 1. The number of ether oxygens (including phenoxy) is 2. The van der Waals surface area contributed by atoms with Crippen LogP contribution in [-0.2, 0) is 4.74 Å². The molecule has 0 heterocycles. The van der Waals surface area contributed by atoms with Crippen LogP contribution in [0, 0.1) is 0 Å². The van der Waals surface area contributed by atoms with Gasteiger partial charge in [0, 0.05) is 5.02 Å². The molecule has 0 fully saturated rings. The zero-order valence-electron chi connectivity index (χ0n) is 8.47. The largest absolute Gasteiger partial charge is 0.573 e. The van der Waals surface area contributed by atoms with E-state index >= 15 is 0 Å². The van der Waals surface area contributed by atoms with Gasteiger partial charge in [-0.1, -0.05) is 11.6 Å². The summed E-state index contributed by atoms with van der Waals surface area (Å²) in [5.41, 5.74) is 4.41. The minimum Gasteiger partial charge on any atom is -0.465 e. The summed E-state index contributed by atoms with van der Waals surface area (Å²) in [4.78, 5) is 11.2. The number of esters is 1. The van der Waals surface area contributed by atoms with Crippen LogP contribution in [0.5, 0.6) is 5.75 Å². The number of halogens is 4. The van der Waals surface area contributed by atoms with Gasteiger partial charge < -0.3 is 15.2 Å². The van der Waals surface area contributed by atoms with Crippen LogP contribution in [0.25, 0.3) is 0 Å². The second kappa shape index (κ2) is 4.70. The van der Waals surface area contributed by atoms with E-state index in [0.717, 1.165) is 19.2 Å². The summed E-state index contributed by atoms with van der Waals surface area (Å²) < 4.78 is 44.3. The van der Waals surface area contributed by atoms with Crippen LogP contribution in [-0.4, -0.2) is 19.4 Å². The van der Waals surface area contributed by atoms with Gasteiger partial charge in [0.15, 0.2) is 5.75 Å². The number of hydrogen-bond acceptors (Lipinski definition) is 4. The van der Waals surface area contributed by atoms with Crippen LogP contribution in [0.3, 0.4) is 0 Å². The molecule has 0 spiro atoms. The first kappa shape index (κ1) is 13.4. The van der Waals surface area contributed by atoms with Crippen molar-refractivity contribution >= 4 is 23.3 Å². The summed E-state index contributed by atoms with van der Waals surface area (Å²) in [5.74, 6) is -1.85. The Hall–Kier alpha value is -1.63. The fraction of sp³-hybridized carbons (Fsp3) is 0.222. The summed E-state index contributed by atoms with van der Waals surface area (Å²) in [7, 11) is 1.01. The normalized spacial score (nSPS) is 11.1. The summed E-state index contributed by atoms with van der Waals surface area (Å²) in [6, 6.07) is 2.01. The lowest BCUT2D eigenvalue weighted by Crippen LogP contribution is -2.20. The van der Waals surface area contributed by atoms with E-state index in [1.807, 2.05) is 0 Å². The van der Waals surface area contributed by atoms with Gasteiger partial charge in [0.05, 0.1) is 12.8 Å². The summed E-state index contributed by atoms with van der Waals surface area (Å²) >= 11 is 5.57. The van der Waals surface area contributed by atoms with Crippen molar-refractivity contribution in [1.29, 1.82) is 0 Å². The van der Waals surface area contributed by atoms with E-state index in [-0.39, 0.29) is 5.02 Å². The quantitative estimate of drug-likeness (QED) is 0.662. The van der Waals surface area contributed by atoms with Gasteiger partial charge in [-0.3, -0.25) is 0 Å². The van der Waals surface area contributed by atoms with Gasteiger partial charge in [-0.15, -0.1) is 13.2 Å². The average Bonchev–Trinajstić information content (AvgIpc) is 2.19. The lowest BCUT2D eigenvalue weighted by molar-refractivity contribution is -0.274. The molecule has 0 amide bonds. The minimum atomic E-state index is -4.97. The predicted octanol–water partition coefficient (Wildman–Crippen LogP) is 2.61. The average molecular weight is 270 g/mol. The number of rotatable bonds is 2. The standard InChI is InChI=1S/C9H7ClF3NO3/c1-16-8(15)5-2-4(10)3-6(14)7(5)17-9(11,12)13/h2-3H,14H2,1H3. The third-order valence-electron chi connectivity index (χ3n) is 1.71. The summed E-state index contributed by atoms with van der Waals surface area (Å²) in [6.45, 7) is 0. The van der Waals surface area contributed by atoms with E-state index < -0.39 is 29.3 Å². The Kier molecular flexibility index (Phi) is 3.72. The molecule has 1 aromatic rings. The van der Waals surface area contributed by atoms with Crippen molar-refractivity contribution in [3.05, 3.63) is 22.7 Å². The highest BCUT2D eigenvalue weighted by atomic mass is 35.5. The zero-order chi connectivity index (χ0) is 13.2. The Morgan fingerprint density at radius 1 is 1.41 bits per heavy atom. The summed E-state index contributed by atoms with van der Waals surface area (Å²) in [5, 5.41) is -0.00238. The van der Waals surface area contributed by atoms with Crippen LogP contribution in [0.4, 0.5) is 18.9 Å². The molecule has 0 radical (unpaired) electrons. The summed E-state index contributed by atoms with van der Waals surface area (Å²) in [6.07, 6.45) is -4.97. The van der Waals surface area contributed by atoms with E-state index in [1.54, 1.807) is 0 Å². The number of alkyl halides is 3. The molecule has 8 heteroatoms. The topological polar surface area (TPSA) is 61.5 Å². The number of anilines is 1. The first-order chi connectivity index (χ1) is 7.74. The Bertz CT molecular complexity index is 448. The van der Waals surface area contributed by atoms with Crippen LogP contribution in [0.2, 0.25) is 5.02 Å². The maximum absolute atomic E-state index is 12.1. The van der Waals surface area contributed by atoms with Crippen LogP contribution < -0.4 is 10.5 Å². The molecule has 0 aliphatic rings. The van der Waals surface area contributed by atoms with Crippen molar-refractivity contribution in [3.63, 3.8) is 0 Å². The highest BCUT2D eigenvalue weighted by Crippen LogP contribution is 2.34. The molecule has 0 aliphatic heterocycles. The number of carbonyl (C=O) groups is 1. The first-order valence-corrected chi connectivity index (χ1v) is 4.55. The molecular formula is C9H7ClF3NO3. The molecule has 0 saturated carbocycles. The van der Waals surface area contributed by atoms with Crippen LogP contribution in [0.15, 0.2) is 12.1 Å². The van der Waals surface area contributed by atoms with Crippen molar-refractivity contribution < 1.29 is 27.4 Å². The number of benzene rings is 1. The number of methoxy groups -OCH3 is 1. The van der Waals surface area contributed by atoms with E-state index in [4.69, 9.17) is 17.3 Å². The van der Waals surface area contributed by atoms with E-state index in [0.29, 0.717) is 0 Å².